The van der Waals surface area contributed by atoms with Crippen LogP contribution in [0.3, 0.4) is 0 Å². The number of hydrogen-bond donors (Lipinski definition) is 1. The van der Waals surface area contributed by atoms with Gasteiger partial charge in [-0.15, -0.1) is 11.3 Å². The van der Waals surface area contributed by atoms with Crippen LogP contribution < -0.4 is 4.72 Å². The number of sulfonamides is 1. The average molecular weight is 333 g/mol. The Bertz CT molecular complexity index is 604. The van der Waals surface area contributed by atoms with Crippen molar-refractivity contribution in [1.29, 1.82) is 0 Å². The zero-order chi connectivity index (χ0) is 15.6. The Hall–Kier alpha value is -1.19. The zero-order valence-corrected chi connectivity index (χ0v) is 13.8. The molecule has 1 fully saturated rings. The van der Waals surface area contributed by atoms with Crippen LogP contribution in [-0.4, -0.2) is 55.8 Å². The zero-order valence-electron chi connectivity index (χ0n) is 12.2. The molecular weight excluding hydrogens is 314 g/mol. The van der Waals surface area contributed by atoms with Gasteiger partial charge in [0.25, 0.3) is 0 Å². The monoisotopic (exact) mass is 333 g/mol. The Morgan fingerprint density at radius 1 is 1.48 bits per heavy atom. The Labute approximate surface area is 128 Å². The highest BCUT2D eigenvalue weighted by atomic mass is 32.2. The Balaban J connectivity index is 1.96. The van der Waals surface area contributed by atoms with E-state index in [2.05, 4.69) is 9.71 Å². The summed E-state index contributed by atoms with van der Waals surface area (Å²) in [7, 11) is -3.34. The molecule has 0 bridgehead atoms. The summed E-state index contributed by atoms with van der Waals surface area (Å²) in [4.78, 5) is 18.1. The minimum Gasteiger partial charge on any atom is -0.372 e. The molecule has 2 rings (SSSR count). The first-order chi connectivity index (χ1) is 9.73. The van der Waals surface area contributed by atoms with Crippen molar-refractivity contribution in [3.8, 4) is 0 Å². The molecule has 0 saturated carbocycles. The number of rotatable bonds is 4. The SMILES string of the molecule is C[C@@H]1CN(C(=O)Cc2csc(NS(C)(=O)=O)n2)C[C@H](C)O1. The van der Waals surface area contributed by atoms with Crippen molar-refractivity contribution >= 4 is 32.4 Å². The molecule has 2 heterocycles. The quantitative estimate of drug-likeness (QED) is 0.876. The normalized spacial score (nSPS) is 23.1. The molecule has 1 N–H and O–H groups in total. The fourth-order valence-electron chi connectivity index (χ4n) is 2.24. The van der Waals surface area contributed by atoms with E-state index in [1.165, 1.54) is 11.3 Å². The Kier molecular flexibility index (Phi) is 4.84. The number of amides is 1. The Morgan fingerprint density at radius 2 is 2.10 bits per heavy atom. The number of morpholine rings is 1. The summed E-state index contributed by atoms with van der Waals surface area (Å²) in [6.45, 7) is 5.02. The van der Waals surface area contributed by atoms with Gasteiger partial charge in [-0.1, -0.05) is 0 Å². The van der Waals surface area contributed by atoms with Crippen LogP contribution >= 0.6 is 11.3 Å². The lowest BCUT2D eigenvalue weighted by Crippen LogP contribution is -2.48. The lowest BCUT2D eigenvalue weighted by molar-refractivity contribution is -0.142. The molecule has 1 aromatic heterocycles. The van der Waals surface area contributed by atoms with Crippen molar-refractivity contribution in [3.05, 3.63) is 11.1 Å². The minimum atomic E-state index is -3.34. The van der Waals surface area contributed by atoms with Crippen molar-refractivity contribution in [1.82, 2.24) is 9.88 Å². The molecule has 1 aliphatic rings. The fourth-order valence-corrected chi connectivity index (χ4v) is 3.80. The van der Waals surface area contributed by atoms with Gasteiger partial charge >= 0.3 is 0 Å². The third-order valence-electron chi connectivity index (χ3n) is 2.93. The first-order valence-corrected chi connectivity index (χ1v) is 9.35. The molecule has 2 atom stereocenters. The van der Waals surface area contributed by atoms with Crippen LogP contribution in [-0.2, 0) is 26.0 Å². The molecule has 1 saturated heterocycles. The average Bonchev–Trinajstić information content (AvgIpc) is 2.72. The summed E-state index contributed by atoms with van der Waals surface area (Å²) in [5.74, 6) is -0.0202. The second-order valence-corrected chi connectivity index (χ2v) is 7.86. The molecule has 118 valence electrons. The van der Waals surface area contributed by atoms with E-state index in [0.29, 0.717) is 18.8 Å². The number of aromatic nitrogens is 1. The maximum Gasteiger partial charge on any atom is 0.231 e. The predicted molar refractivity (Wildman–Crippen MR) is 80.9 cm³/mol. The molecule has 0 aromatic carbocycles. The third kappa shape index (κ3) is 4.94. The lowest BCUT2D eigenvalue weighted by Gasteiger charge is -2.35. The summed E-state index contributed by atoms with van der Waals surface area (Å²) in [5.41, 5.74) is 0.572. The van der Waals surface area contributed by atoms with Gasteiger partial charge in [0.05, 0.1) is 30.6 Å². The molecule has 0 unspecified atom stereocenters. The van der Waals surface area contributed by atoms with E-state index < -0.39 is 10.0 Å². The number of hydrogen-bond acceptors (Lipinski definition) is 6. The van der Waals surface area contributed by atoms with Crippen LogP contribution in [0.15, 0.2) is 5.38 Å². The molecule has 1 amide bonds. The van der Waals surface area contributed by atoms with Crippen LogP contribution in [0.5, 0.6) is 0 Å². The topological polar surface area (TPSA) is 88.6 Å². The highest BCUT2D eigenvalue weighted by molar-refractivity contribution is 7.92. The minimum absolute atomic E-state index is 0.0202. The maximum atomic E-state index is 12.2. The third-order valence-corrected chi connectivity index (χ3v) is 4.43. The first-order valence-electron chi connectivity index (χ1n) is 6.58. The summed E-state index contributed by atoms with van der Waals surface area (Å²) in [6, 6.07) is 0. The molecule has 7 nitrogen and oxygen atoms in total. The van der Waals surface area contributed by atoms with Gasteiger partial charge in [0.2, 0.25) is 15.9 Å². The molecule has 0 aliphatic carbocycles. The van der Waals surface area contributed by atoms with E-state index >= 15 is 0 Å². The van der Waals surface area contributed by atoms with E-state index in [0.717, 1.165) is 6.26 Å². The molecule has 0 spiro atoms. The van der Waals surface area contributed by atoms with Gasteiger partial charge in [-0.05, 0) is 13.8 Å². The lowest BCUT2D eigenvalue weighted by atomic mass is 10.2. The van der Waals surface area contributed by atoms with Crippen LogP contribution in [0.2, 0.25) is 0 Å². The largest absolute Gasteiger partial charge is 0.372 e. The fraction of sp³-hybridized carbons (Fsp3) is 0.667. The van der Waals surface area contributed by atoms with Crippen molar-refractivity contribution in [3.63, 3.8) is 0 Å². The van der Waals surface area contributed by atoms with Gasteiger partial charge < -0.3 is 9.64 Å². The second kappa shape index (κ2) is 6.29. The van der Waals surface area contributed by atoms with Crippen LogP contribution in [0.1, 0.15) is 19.5 Å². The number of carbonyl (C=O) groups excluding carboxylic acids is 1. The summed E-state index contributed by atoms with van der Waals surface area (Å²) in [5, 5.41) is 1.97. The van der Waals surface area contributed by atoms with Crippen LogP contribution in [0.4, 0.5) is 5.13 Å². The van der Waals surface area contributed by atoms with Gasteiger partial charge in [0.15, 0.2) is 5.13 Å². The maximum absolute atomic E-state index is 12.2. The predicted octanol–water partition coefficient (Wildman–Crippen LogP) is 0.693. The van der Waals surface area contributed by atoms with Crippen molar-refractivity contribution in [2.75, 3.05) is 24.1 Å². The van der Waals surface area contributed by atoms with E-state index in [9.17, 15) is 13.2 Å². The summed E-state index contributed by atoms with van der Waals surface area (Å²) < 4.78 is 30.1. The van der Waals surface area contributed by atoms with E-state index in [1.54, 1.807) is 10.3 Å². The molecule has 9 heteroatoms. The van der Waals surface area contributed by atoms with Gasteiger partial charge in [-0.25, -0.2) is 13.4 Å². The second-order valence-electron chi connectivity index (χ2n) is 5.25. The molecular formula is C12H19N3O4S2. The van der Waals surface area contributed by atoms with E-state index in [-0.39, 0.29) is 29.7 Å². The summed E-state index contributed by atoms with van der Waals surface area (Å²) in [6.07, 6.45) is 1.28. The smallest absolute Gasteiger partial charge is 0.231 e. The van der Waals surface area contributed by atoms with E-state index in [4.69, 9.17) is 4.74 Å². The van der Waals surface area contributed by atoms with E-state index in [1.807, 2.05) is 13.8 Å². The van der Waals surface area contributed by atoms with Gasteiger partial charge in [0, 0.05) is 18.5 Å². The molecule has 21 heavy (non-hydrogen) atoms. The number of anilines is 1. The van der Waals surface area contributed by atoms with Gasteiger partial charge in [-0.2, -0.15) is 0 Å². The standard InChI is InChI=1S/C12H19N3O4S2/c1-8-5-15(6-9(2)19-8)11(16)4-10-7-20-12(13-10)14-21(3,17)18/h7-9H,4-6H2,1-3H3,(H,13,14)/t8-,9+. The van der Waals surface area contributed by atoms with Crippen molar-refractivity contribution in [2.45, 2.75) is 32.5 Å². The number of nitrogens with one attached hydrogen (secondary N) is 1. The van der Waals surface area contributed by atoms with Crippen LogP contribution in [0, 0.1) is 0 Å². The van der Waals surface area contributed by atoms with Gasteiger partial charge in [-0.3, -0.25) is 9.52 Å². The van der Waals surface area contributed by atoms with Crippen molar-refractivity contribution < 1.29 is 17.9 Å². The highest BCUT2D eigenvalue weighted by Gasteiger charge is 2.26. The van der Waals surface area contributed by atoms with Crippen LogP contribution in [0.25, 0.3) is 0 Å². The molecule has 1 aliphatic heterocycles. The highest BCUT2D eigenvalue weighted by Crippen LogP contribution is 2.18. The number of thiazole rings is 1. The first kappa shape index (κ1) is 16.2. The molecule has 1 aromatic rings. The van der Waals surface area contributed by atoms with Gasteiger partial charge in [0.1, 0.15) is 0 Å². The number of carbonyl (C=O) groups is 1. The number of ether oxygens (including phenoxy) is 1. The summed E-state index contributed by atoms with van der Waals surface area (Å²) >= 11 is 1.17. The van der Waals surface area contributed by atoms with Crippen molar-refractivity contribution in [2.24, 2.45) is 0 Å². The number of nitrogens with zero attached hydrogens (tertiary/aromatic N) is 2. The molecule has 0 radical (unpaired) electrons. The Morgan fingerprint density at radius 3 is 2.67 bits per heavy atom.